The molecule has 0 radical (unpaired) electrons. The van der Waals surface area contributed by atoms with Crippen LogP contribution in [0.5, 0.6) is 0 Å². The Hall–Kier alpha value is -2.38. The number of alkyl halides is 7. The highest BCUT2D eigenvalue weighted by molar-refractivity contribution is 5.88. The van der Waals surface area contributed by atoms with E-state index in [4.69, 9.17) is 9.47 Å². The van der Waals surface area contributed by atoms with Crippen molar-refractivity contribution in [3.05, 3.63) is 12.2 Å². The van der Waals surface area contributed by atoms with E-state index in [0.29, 0.717) is 25.7 Å². The Morgan fingerprint density at radius 3 is 1.91 bits per heavy atom. The first-order chi connectivity index (χ1) is 14.6. The molecule has 1 aliphatic rings. The molecule has 0 spiro atoms. The lowest BCUT2D eigenvalue weighted by Gasteiger charge is -2.28. The third-order valence-electron chi connectivity index (χ3n) is 4.27. The Morgan fingerprint density at radius 2 is 1.41 bits per heavy atom. The van der Waals surface area contributed by atoms with Crippen LogP contribution in [-0.2, 0) is 33.3 Å². The fourth-order valence-corrected chi connectivity index (χ4v) is 2.53. The molecule has 1 rings (SSSR count). The number of carbonyl (C=O) groups is 3. The topological polar surface area (TPSA) is 88.1 Å². The van der Waals surface area contributed by atoms with Crippen molar-refractivity contribution in [3.63, 3.8) is 0 Å². The summed E-state index contributed by atoms with van der Waals surface area (Å²) in [7, 11) is 0. The average molecular weight is 482 g/mol. The summed E-state index contributed by atoms with van der Waals surface area (Å²) in [4.78, 5) is 33.8. The molecule has 0 aromatic rings. The second-order valence-electron chi connectivity index (χ2n) is 6.90. The second kappa shape index (κ2) is 11.0. The maximum atomic E-state index is 13.1. The van der Waals surface area contributed by atoms with Gasteiger partial charge in [-0.05, 0) is 32.6 Å². The Kier molecular flexibility index (Phi) is 9.48. The third-order valence-corrected chi connectivity index (χ3v) is 4.27. The molecule has 0 unspecified atom stereocenters. The number of hydrogen-bond donors (Lipinski definition) is 0. The molecule has 184 valence electrons. The van der Waals surface area contributed by atoms with Crippen LogP contribution in [0.2, 0.25) is 0 Å². The number of hydrogen-bond acceptors (Lipinski definition) is 7. The quantitative estimate of drug-likeness (QED) is 0.155. The van der Waals surface area contributed by atoms with Crippen LogP contribution in [0, 0.1) is 0 Å². The van der Waals surface area contributed by atoms with Crippen LogP contribution in [-0.4, -0.2) is 68.0 Å². The fraction of sp³-hybridized carbons (Fsp3) is 0.722. The van der Waals surface area contributed by atoms with Crippen molar-refractivity contribution in [1.29, 1.82) is 0 Å². The number of carbonyl (C=O) groups excluding carboxylic acids is 3. The van der Waals surface area contributed by atoms with Crippen molar-refractivity contribution in [2.45, 2.75) is 62.8 Å². The molecule has 0 amide bonds. The zero-order valence-corrected chi connectivity index (χ0v) is 16.8. The van der Waals surface area contributed by atoms with Crippen LogP contribution >= 0.6 is 0 Å². The van der Waals surface area contributed by atoms with E-state index in [1.807, 2.05) is 0 Å². The minimum absolute atomic E-state index is 0.110. The highest BCUT2D eigenvalue weighted by atomic mass is 19.4. The van der Waals surface area contributed by atoms with Crippen LogP contribution in [0.25, 0.3) is 0 Å². The van der Waals surface area contributed by atoms with Crippen molar-refractivity contribution in [1.82, 2.24) is 0 Å². The van der Waals surface area contributed by atoms with Gasteiger partial charge in [-0.25, -0.2) is 14.4 Å². The van der Waals surface area contributed by atoms with Crippen LogP contribution in [0.15, 0.2) is 12.2 Å². The fourth-order valence-electron chi connectivity index (χ4n) is 2.53. The van der Waals surface area contributed by atoms with E-state index < -0.39 is 68.0 Å². The van der Waals surface area contributed by atoms with E-state index in [1.165, 1.54) is 6.92 Å². The van der Waals surface area contributed by atoms with Gasteiger partial charge < -0.3 is 18.9 Å². The summed E-state index contributed by atoms with van der Waals surface area (Å²) >= 11 is 0. The first kappa shape index (κ1) is 27.7. The van der Waals surface area contributed by atoms with Gasteiger partial charge in [0.15, 0.2) is 6.61 Å². The van der Waals surface area contributed by atoms with Gasteiger partial charge in [-0.15, -0.1) is 0 Å². The van der Waals surface area contributed by atoms with Gasteiger partial charge in [0, 0.05) is 5.57 Å². The smallest absolute Gasteiger partial charge is 0.460 e. The molecule has 32 heavy (non-hydrogen) atoms. The number of rotatable bonds is 10. The van der Waals surface area contributed by atoms with Gasteiger partial charge in [-0.1, -0.05) is 6.58 Å². The number of esters is 3. The average Bonchev–Trinajstić information content (AvgIpc) is 2.69. The van der Waals surface area contributed by atoms with Crippen LogP contribution in [0.4, 0.5) is 30.7 Å². The summed E-state index contributed by atoms with van der Waals surface area (Å²) in [6.45, 7) is 2.67. The van der Waals surface area contributed by atoms with E-state index in [1.54, 1.807) is 0 Å². The Morgan fingerprint density at radius 1 is 0.875 bits per heavy atom. The van der Waals surface area contributed by atoms with E-state index in [0.717, 1.165) is 0 Å². The molecule has 0 N–H and O–H groups in total. The van der Waals surface area contributed by atoms with Gasteiger partial charge in [0.05, 0.1) is 12.7 Å². The normalized spacial score (nSPS) is 19.8. The zero-order valence-electron chi connectivity index (χ0n) is 16.8. The highest BCUT2D eigenvalue weighted by Gasteiger charge is 2.77. The van der Waals surface area contributed by atoms with E-state index in [2.05, 4.69) is 16.1 Å². The van der Waals surface area contributed by atoms with E-state index >= 15 is 0 Å². The lowest BCUT2D eigenvalue weighted by atomic mass is 9.95. The molecular formula is C18H21F7O7. The summed E-state index contributed by atoms with van der Waals surface area (Å²) in [6.07, 6.45) is -6.27. The zero-order chi connectivity index (χ0) is 24.7. The number of ether oxygens (including phenoxy) is 4. The van der Waals surface area contributed by atoms with Crippen molar-refractivity contribution in [2.75, 3.05) is 19.8 Å². The van der Waals surface area contributed by atoms with Gasteiger partial charge in [0.25, 0.3) is 0 Å². The van der Waals surface area contributed by atoms with Gasteiger partial charge in [0.1, 0.15) is 12.7 Å². The maximum absolute atomic E-state index is 13.1. The molecule has 1 fully saturated rings. The Bertz CT molecular complexity index is 698. The van der Waals surface area contributed by atoms with Crippen molar-refractivity contribution >= 4 is 17.9 Å². The molecule has 7 nitrogen and oxygen atoms in total. The largest absolute Gasteiger partial charge is 0.460 e. The van der Waals surface area contributed by atoms with Crippen molar-refractivity contribution in [2.24, 2.45) is 0 Å². The molecule has 1 aliphatic carbocycles. The third kappa shape index (κ3) is 7.35. The molecular weight excluding hydrogens is 461 g/mol. The molecule has 0 bridgehead atoms. The molecule has 0 aromatic carbocycles. The number of halogens is 7. The van der Waals surface area contributed by atoms with Crippen LogP contribution in [0.3, 0.4) is 0 Å². The van der Waals surface area contributed by atoms with Crippen molar-refractivity contribution < 1.29 is 64.1 Å². The predicted octanol–water partition coefficient (Wildman–Crippen LogP) is 3.35. The minimum atomic E-state index is -6.64. The molecule has 0 heterocycles. The molecule has 14 heteroatoms. The SMILES string of the molecule is C=C(C)C(=O)OCC(=O)OC1CCC(OCCOC(=O)C(F)(F)C(F)(F)C(F)(F)F)CC1. The monoisotopic (exact) mass is 482 g/mol. The van der Waals surface area contributed by atoms with E-state index in [9.17, 15) is 45.1 Å². The first-order valence-electron chi connectivity index (χ1n) is 9.23. The summed E-state index contributed by atoms with van der Waals surface area (Å²) in [6, 6.07) is 0. The lowest BCUT2D eigenvalue weighted by Crippen LogP contribution is -2.56. The van der Waals surface area contributed by atoms with Gasteiger partial charge in [-0.2, -0.15) is 30.7 Å². The lowest BCUT2D eigenvalue weighted by molar-refractivity contribution is -0.348. The Labute approximate surface area is 177 Å². The molecule has 0 aromatic heterocycles. The van der Waals surface area contributed by atoms with Crippen LogP contribution in [0.1, 0.15) is 32.6 Å². The molecule has 1 saturated carbocycles. The highest BCUT2D eigenvalue weighted by Crippen LogP contribution is 2.46. The molecule has 0 atom stereocenters. The second-order valence-corrected chi connectivity index (χ2v) is 6.90. The van der Waals surface area contributed by atoms with Crippen LogP contribution < -0.4 is 0 Å². The van der Waals surface area contributed by atoms with E-state index in [-0.39, 0.29) is 5.57 Å². The predicted molar refractivity (Wildman–Crippen MR) is 90.8 cm³/mol. The van der Waals surface area contributed by atoms with Gasteiger partial charge >= 0.3 is 35.9 Å². The molecule has 0 saturated heterocycles. The summed E-state index contributed by atoms with van der Waals surface area (Å²) < 4.78 is 106. The summed E-state index contributed by atoms with van der Waals surface area (Å²) in [5, 5.41) is 0. The minimum Gasteiger partial charge on any atom is -0.460 e. The maximum Gasteiger partial charge on any atom is 0.460 e. The van der Waals surface area contributed by atoms with Gasteiger partial charge in [-0.3, -0.25) is 0 Å². The van der Waals surface area contributed by atoms with Gasteiger partial charge in [0.2, 0.25) is 0 Å². The first-order valence-corrected chi connectivity index (χ1v) is 9.23. The summed E-state index contributed by atoms with van der Waals surface area (Å²) in [5.41, 5.74) is 0.110. The summed E-state index contributed by atoms with van der Waals surface area (Å²) in [5.74, 6) is -17.2. The molecule has 0 aliphatic heterocycles. The standard InChI is InChI=1S/C18H21F7O7/c1-10(2)14(27)31-9-13(26)32-12-5-3-11(4-6-12)29-7-8-30-15(28)16(19,20)17(21,22)18(23,24)25/h11-12H,1,3-9H2,2H3. The van der Waals surface area contributed by atoms with Crippen molar-refractivity contribution in [3.8, 4) is 0 Å². The Balaban J connectivity index is 2.30.